The maximum atomic E-state index is 6.31. The van der Waals surface area contributed by atoms with Crippen molar-refractivity contribution < 1.29 is 0 Å². The van der Waals surface area contributed by atoms with Crippen molar-refractivity contribution in [2.45, 2.75) is 31.2 Å². The Morgan fingerprint density at radius 3 is 2.33 bits per heavy atom. The molecule has 0 aromatic heterocycles. The van der Waals surface area contributed by atoms with Crippen LogP contribution in [0.4, 0.5) is 0 Å². The highest BCUT2D eigenvalue weighted by atomic mass is 79.9. The molecule has 0 radical (unpaired) electrons. The molecule has 0 saturated carbocycles. The van der Waals surface area contributed by atoms with Crippen molar-refractivity contribution in [1.29, 1.82) is 0 Å². The fourth-order valence-corrected chi connectivity index (χ4v) is 3.77. The molecule has 0 spiro atoms. The van der Waals surface area contributed by atoms with Gasteiger partial charge in [-0.15, -0.1) is 11.8 Å². The largest absolute Gasteiger partial charge is 0.323 e. The van der Waals surface area contributed by atoms with Gasteiger partial charge in [-0.3, -0.25) is 0 Å². The van der Waals surface area contributed by atoms with Crippen LogP contribution in [0, 0.1) is 5.92 Å². The fraction of sp³-hybridized carbons (Fsp3) is 0.333. The first-order valence-corrected chi connectivity index (χ1v) is 9.06. The van der Waals surface area contributed by atoms with Crippen molar-refractivity contribution >= 4 is 27.7 Å². The van der Waals surface area contributed by atoms with E-state index in [1.807, 2.05) is 6.07 Å². The number of hydrogen-bond acceptors (Lipinski definition) is 2. The van der Waals surface area contributed by atoms with Gasteiger partial charge in [0.05, 0.1) is 0 Å². The molecule has 0 aliphatic carbocycles. The number of rotatable bonds is 6. The first kappa shape index (κ1) is 16.6. The molecule has 2 rings (SSSR count). The molecular weight excluding hydrogens is 342 g/mol. The van der Waals surface area contributed by atoms with E-state index in [0.29, 0.717) is 5.92 Å². The Bertz CT molecular complexity index is 566. The third-order valence-electron chi connectivity index (χ3n) is 3.31. The number of nitrogens with two attached hydrogens (primary N) is 1. The zero-order chi connectivity index (χ0) is 15.2. The molecule has 2 N–H and O–H groups in total. The van der Waals surface area contributed by atoms with Crippen LogP contribution in [0.1, 0.15) is 31.0 Å². The number of thioether (sulfide) groups is 1. The summed E-state index contributed by atoms with van der Waals surface area (Å²) in [6, 6.07) is 17.1. The van der Waals surface area contributed by atoms with Crippen LogP contribution in [0.15, 0.2) is 57.9 Å². The Morgan fingerprint density at radius 2 is 1.71 bits per heavy atom. The lowest BCUT2D eigenvalue weighted by molar-refractivity contribution is 0.647. The highest BCUT2D eigenvalue weighted by molar-refractivity contribution is 9.10. The van der Waals surface area contributed by atoms with E-state index < -0.39 is 0 Å². The Balaban J connectivity index is 1.94. The summed E-state index contributed by atoms with van der Waals surface area (Å²) in [5.41, 5.74) is 8.91. The normalized spacial score (nSPS) is 12.6. The molecule has 0 saturated heterocycles. The fourth-order valence-electron chi connectivity index (χ4n) is 2.21. The third-order valence-corrected chi connectivity index (χ3v) is 5.45. The summed E-state index contributed by atoms with van der Waals surface area (Å²) in [5.74, 6) is 1.57. The van der Waals surface area contributed by atoms with Gasteiger partial charge in [0.15, 0.2) is 0 Å². The molecule has 0 fully saturated rings. The first-order chi connectivity index (χ1) is 10.1. The summed E-state index contributed by atoms with van der Waals surface area (Å²) >= 11 is 5.37. The molecule has 1 unspecified atom stereocenters. The predicted octanol–water partition coefficient (Wildman–Crippen LogP) is 5.44. The molecule has 0 bridgehead atoms. The monoisotopic (exact) mass is 363 g/mol. The van der Waals surface area contributed by atoms with Crippen molar-refractivity contribution in [2.24, 2.45) is 11.7 Å². The smallest absolute Gasteiger partial charge is 0.0390 e. The lowest BCUT2D eigenvalue weighted by atomic mass is 10.0. The van der Waals surface area contributed by atoms with Gasteiger partial charge in [0, 0.05) is 21.2 Å². The van der Waals surface area contributed by atoms with Gasteiger partial charge < -0.3 is 5.73 Å². The van der Waals surface area contributed by atoms with E-state index in [2.05, 4.69) is 72.2 Å². The molecule has 1 nitrogen and oxygen atoms in total. The van der Waals surface area contributed by atoms with Crippen molar-refractivity contribution in [1.82, 2.24) is 0 Å². The molecule has 2 aromatic carbocycles. The second-order valence-electron chi connectivity index (χ2n) is 5.69. The van der Waals surface area contributed by atoms with E-state index in [0.717, 1.165) is 16.6 Å². The van der Waals surface area contributed by atoms with Crippen LogP contribution in [0.25, 0.3) is 0 Å². The standard InChI is InChI=1S/C18H22BrNS/c1-13(2)11-14-7-9-15(10-8-14)17(20)12-21-18-6-4-3-5-16(18)19/h3-10,13,17H,11-12,20H2,1-2H3. The van der Waals surface area contributed by atoms with Crippen LogP contribution in [0.5, 0.6) is 0 Å². The SMILES string of the molecule is CC(C)Cc1ccc(C(N)CSc2ccccc2Br)cc1. The van der Waals surface area contributed by atoms with Gasteiger partial charge in [-0.2, -0.15) is 0 Å². The molecule has 3 heteroatoms. The topological polar surface area (TPSA) is 26.0 Å². The Hall–Kier alpha value is -0.770. The first-order valence-electron chi connectivity index (χ1n) is 7.28. The van der Waals surface area contributed by atoms with E-state index in [-0.39, 0.29) is 6.04 Å². The minimum Gasteiger partial charge on any atom is -0.323 e. The Morgan fingerprint density at radius 1 is 1.05 bits per heavy atom. The maximum Gasteiger partial charge on any atom is 0.0390 e. The molecule has 112 valence electrons. The van der Waals surface area contributed by atoms with Gasteiger partial charge in [0.1, 0.15) is 0 Å². The van der Waals surface area contributed by atoms with E-state index >= 15 is 0 Å². The van der Waals surface area contributed by atoms with Crippen LogP contribution in [0.3, 0.4) is 0 Å². The van der Waals surface area contributed by atoms with Gasteiger partial charge in [-0.1, -0.05) is 50.2 Å². The van der Waals surface area contributed by atoms with E-state index in [1.165, 1.54) is 16.0 Å². The number of benzene rings is 2. The molecule has 0 amide bonds. The molecule has 2 aromatic rings. The van der Waals surface area contributed by atoms with Gasteiger partial charge in [-0.05, 0) is 51.5 Å². The van der Waals surface area contributed by atoms with Crippen molar-refractivity contribution in [3.63, 3.8) is 0 Å². The highest BCUT2D eigenvalue weighted by Crippen LogP contribution is 2.29. The average Bonchev–Trinajstić information content (AvgIpc) is 2.46. The van der Waals surface area contributed by atoms with Gasteiger partial charge >= 0.3 is 0 Å². The molecule has 1 atom stereocenters. The number of hydrogen-bond donors (Lipinski definition) is 1. The van der Waals surface area contributed by atoms with E-state index in [1.54, 1.807) is 11.8 Å². The molecule has 0 aliphatic rings. The Kier molecular flexibility index (Phi) is 6.34. The molecular formula is C18H22BrNS. The van der Waals surface area contributed by atoms with Gasteiger partial charge in [0.25, 0.3) is 0 Å². The third kappa shape index (κ3) is 5.17. The molecule has 0 heterocycles. The summed E-state index contributed by atoms with van der Waals surface area (Å²) in [6.45, 7) is 4.49. The van der Waals surface area contributed by atoms with Crippen LogP contribution in [-0.4, -0.2) is 5.75 Å². The van der Waals surface area contributed by atoms with Crippen LogP contribution in [-0.2, 0) is 6.42 Å². The maximum absolute atomic E-state index is 6.31. The summed E-state index contributed by atoms with van der Waals surface area (Å²) in [7, 11) is 0. The second-order valence-corrected chi connectivity index (χ2v) is 7.60. The summed E-state index contributed by atoms with van der Waals surface area (Å²) in [6.07, 6.45) is 1.13. The lowest BCUT2D eigenvalue weighted by Crippen LogP contribution is -2.13. The van der Waals surface area contributed by atoms with Crippen LogP contribution >= 0.6 is 27.7 Å². The van der Waals surface area contributed by atoms with Gasteiger partial charge in [-0.25, -0.2) is 0 Å². The second kappa shape index (κ2) is 8.02. The summed E-state index contributed by atoms with van der Waals surface area (Å²) in [5, 5.41) is 0. The quantitative estimate of drug-likeness (QED) is 0.691. The minimum absolute atomic E-state index is 0.0650. The van der Waals surface area contributed by atoms with Gasteiger partial charge in [0.2, 0.25) is 0 Å². The average molecular weight is 364 g/mol. The van der Waals surface area contributed by atoms with Crippen molar-refractivity contribution in [3.8, 4) is 0 Å². The zero-order valence-corrected chi connectivity index (χ0v) is 15.0. The summed E-state index contributed by atoms with van der Waals surface area (Å²) < 4.78 is 1.13. The van der Waals surface area contributed by atoms with E-state index in [9.17, 15) is 0 Å². The highest BCUT2D eigenvalue weighted by Gasteiger charge is 2.08. The zero-order valence-electron chi connectivity index (χ0n) is 12.6. The van der Waals surface area contributed by atoms with Crippen molar-refractivity contribution in [2.75, 3.05) is 5.75 Å². The van der Waals surface area contributed by atoms with Crippen LogP contribution < -0.4 is 5.73 Å². The van der Waals surface area contributed by atoms with Crippen molar-refractivity contribution in [3.05, 3.63) is 64.1 Å². The lowest BCUT2D eigenvalue weighted by Gasteiger charge is -2.13. The van der Waals surface area contributed by atoms with Crippen LogP contribution in [0.2, 0.25) is 0 Å². The van der Waals surface area contributed by atoms with E-state index in [4.69, 9.17) is 5.73 Å². The molecule has 0 aliphatic heterocycles. The molecule has 21 heavy (non-hydrogen) atoms. The minimum atomic E-state index is 0.0650. The summed E-state index contributed by atoms with van der Waals surface area (Å²) in [4.78, 5) is 1.24. The number of halogens is 1. The predicted molar refractivity (Wildman–Crippen MR) is 96.8 cm³/mol. The Labute approximate surface area is 140 Å².